The molecule has 0 saturated carbocycles. The minimum Gasteiger partial charge on any atom is -0.493 e. The van der Waals surface area contributed by atoms with Crippen molar-refractivity contribution in [3.8, 4) is 17.2 Å². The van der Waals surface area contributed by atoms with Crippen LogP contribution < -0.4 is 19.5 Å². The van der Waals surface area contributed by atoms with Crippen molar-refractivity contribution in [2.24, 2.45) is 0 Å². The van der Waals surface area contributed by atoms with E-state index in [0.717, 1.165) is 42.9 Å². The van der Waals surface area contributed by atoms with Crippen LogP contribution in [-0.4, -0.2) is 51.3 Å². The quantitative estimate of drug-likeness (QED) is 0.793. The lowest BCUT2D eigenvalue weighted by Crippen LogP contribution is -2.35. The average Bonchev–Trinajstić information content (AvgIpc) is 2.71. The van der Waals surface area contributed by atoms with Gasteiger partial charge in [-0.15, -0.1) is 0 Å². The number of benzene rings is 2. The fourth-order valence-electron chi connectivity index (χ4n) is 3.29. The normalized spacial score (nSPS) is 15.1. The van der Waals surface area contributed by atoms with E-state index >= 15 is 0 Å². The van der Waals surface area contributed by atoms with E-state index in [1.54, 1.807) is 20.3 Å². The predicted molar refractivity (Wildman–Crippen MR) is 109 cm³/mol. The molecule has 2 aromatic carbocycles. The number of hydrogen-bond donors (Lipinski definition) is 1. The lowest BCUT2D eigenvalue weighted by atomic mass is 10.1. The third-order valence-corrected chi connectivity index (χ3v) is 4.92. The molecular formula is C22H28N2O4. The second-order valence-corrected chi connectivity index (χ2v) is 7.06. The van der Waals surface area contributed by atoms with Crippen LogP contribution in [0.15, 0.2) is 42.5 Å². The highest BCUT2D eigenvalue weighted by Gasteiger charge is 2.18. The van der Waals surface area contributed by atoms with Gasteiger partial charge in [-0.25, -0.2) is 0 Å². The van der Waals surface area contributed by atoms with Crippen LogP contribution in [0.2, 0.25) is 0 Å². The lowest BCUT2D eigenvalue weighted by molar-refractivity contribution is -0.115. The molecule has 0 atom stereocenters. The zero-order chi connectivity index (χ0) is 19.9. The number of rotatable bonds is 7. The zero-order valence-corrected chi connectivity index (χ0v) is 16.7. The summed E-state index contributed by atoms with van der Waals surface area (Å²) in [5.41, 5.74) is 1.61. The number of hydrogen-bond acceptors (Lipinski definition) is 5. The summed E-state index contributed by atoms with van der Waals surface area (Å²) in [6.45, 7) is 2.13. The van der Waals surface area contributed by atoms with E-state index < -0.39 is 0 Å². The Morgan fingerprint density at radius 1 is 1.04 bits per heavy atom. The number of nitrogens with zero attached hydrogens (tertiary/aromatic N) is 1. The maximum absolute atomic E-state index is 12.3. The fourth-order valence-corrected chi connectivity index (χ4v) is 3.29. The second-order valence-electron chi connectivity index (χ2n) is 7.06. The molecule has 150 valence electrons. The van der Waals surface area contributed by atoms with Gasteiger partial charge < -0.3 is 24.4 Å². The minimum atomic E-state index is -0.0868. The van der Waals surface area contributed by atoms with Crippen LogP contribution in [-0.2, 0) is 11.2 Å². The van der Waals surface area contributed by atoms with Gasteiger partial charge in [0.1, 0.15) is 11.9 Å². The summed E-state index contributed by atoms with van der Waals surface area (Å²) in [5.74, 6) is 2.01. The van der Waals surface area contributed by atoms with E-state index in [0.29, 0.717) is 11.5 Å². The van der Waals surface area contributed by atoms with Crippen molar-refractivity contribution in [2.75, 3.05) is 39.7 Å². The molecule has 1 N–H and O–H groups in total. The Morgan fingerprint density at radius 3 is 2.36 bits per heavy atom. The van der Waals surface area contributed by atoms with Crippen LogP contribution in [0.4, 0.5) is 5.69 Å². The summed E-state index contributed by atoms with van der Waals surface area (Å²) in [6.07, 6.45) is 2.61. The molecule has 1 aliphatic heterocycles. The zero-order valence-electron chi connectivity index (χ0n) is 16.7. The van der Waals surface area contributed by atoms with Gasteiger partial charge in [-0.2, -0.15) is 0 Å². The van der Waals surface area contributed by atoms with E-state index in [4.69, 9.17) is 14.2 Å². The molecular weight excluding hydrogens is 356 g/mol. The van der Waals surface area contributed by atoms with Crippen LogP contribution in [0.3, 0.4) is 0 Å². The van der Waals surface area contributed by atoms with Gasteiger partial charge in [0.2, 0.25) is 5.91 Å². The molecule has 0 aliphatic carbocycles. The molecule has 0 spiro atoms. The van der Waals surface area contributed by atoms with Crippen molar-refractivity contribution in [3.05, 3.63) is 48.0 Å². The van der Waals surface area contributed by atoms with Crippen molar-refractivity contribution in [1.82, 2.24) is 4.90 Å². The van der Waals surface area contributed by atoms with Gasteiger partial charge in [0.15, 0.2) is 11.5 Å². The number of amides is 1. The largest absolute Gasteiger partial charge is 0.493 e. The van der Waals surface area contributed by atoms with Gasteiger partial charge in [0, 0.05) is 18.8 Å². The van der Waals surface area contributed by atoms with Gasteiger partial charge in [-0.1, -0.05) is 6.07 Å². The second kappa shape index (κ2) is 9.46. The Bertz CT molecular complexity index is 784. The first-order valence-corrected chi connectivity index (χ1v) is 9.53. The first-order valence-electron chi connectivity index (χ1n) is 9.53. The number of methoxy groups -OCH3 is 2. The molecule has 1 amide bonds. The number of carbonyl (C=O) groups excluding carboxylic acids is 1. The number of ether oxygens (including phenoxy) is 3. The molecule has 28 heavy (non-hydrogen) atoms. The molecule has 6 nitrogen and oxygen atoms in total. The summed E-state index contributed by atoms with van der Waals surface area (Å²) < 4.78 is 16.5. The summed E-state index contributed by atoms with van der Waals surface area (Å²) in [4.78, 5) is 14.7. The Labute approximate surface area is 166 Å². The molecule has 1 saturated heterocycles. The van der Waals surface area contributed by atoms with E-state index in [1.165, 1.54) is 0 Å². The van der Waals surface area contributed by atoms with Gasteiger partial charge in [-0.3, -0.25) is 4.79 Å². The van der Waals surface area contributed by atoms with Crippen molar-refractivity contribution in [3.63, 3.8) is 0 Å². The molecule has 0 aromatic heterocycles. The highest BCUT2D eigenvalue weighted by atomic mass is 16.5. The van der Waals surface area contributed by atoms with Crippen LogP contribution >= 0.6 is 0 Å². The standard InChI is InChI=1S/C22H28N2O4/c1-24-12-10-19(11-13-24)28-18-7-5-17(6-8-18)23-22(25)15-16-4-9-20(26-2)21(14-16)27-3/h4-9,14,19H,10-13,15H2,1-3H3,(H,23,25). The number of piperidine rings is 1. The third kappa shape index (κ3) is 5.39. The van der Waals surface area contributed by atoms with Crippen molar-refractivity contribution < 1.29 is 19.0 Å². The number of carbonyl (C=O) groups is 1. The first-order chi connectivity index (χ1) is 13.6. The smallest absolute Gasteiger partial charge is 0.228 e. The topological polar surface area (TPSA) is 60.0 Å². The van der Waals surface area contributed by atoms with Gasteiger partial charge >= 0.3 is 0 Å². The Hall–Kier alpha value is -2.73. The Kier molecular flexibility index (Phi) is 6.76. The molecule has 1 aliphatic rings. The maximum atomic E-state index is 12.3. The molecule has 1 heterocycles. The molecule has 0 bridgehead atoms. The van der Waals surface area contributed by atoms with Crippen molar-refractivity contribution in [1.29, 1.82) is 0 Å². The van der Waals surface area contributed by atoms with E-state index in [-0.39, 0.29) is 18.4 Å². The SMILES string of the molecule is COc1ccc(CC(=O)Nc2ccc(OC3CCN(C)CC3)cc2)cc1OC. The summed E-state index contributed by atoms with van der Waals surface area (Å²) >= 11 is 0. The third-order valence-electron chi connectivity index (χ3n) is 4.92. The van der Waals surface area contributed by atoms with E-state index in [1.807, 2.05) is 36.4 Å². The van der Waals surface area contributed by atoms with Crippen molar-refractivity contribution >= 4 is 11.6 Å². The molecule has 0 unspecified atom stereocenters. The number of likely N-dealkylation sites (tertiary alicyclic amines) is 1. The Morgan fingerprint density at radius 2 is 1.71 bits per heavy atom. The van der Waals surface area contributed by atoms with Crippen molar-refractivity contribution in [2.45, 2.75) is 25.4 Å². The summed E-state index contributed by atoms with van der Waals surface area (Å²) in [7, 11) is 5.30. The van der Waals surface area contributed by atoms with Crippen LogP contribution in [0.1, 0.15) is 18.4 Å². The highest BCUT2D eigenvalue weighted by molar-refractivity contribution is 5.92. The highest BCUT2D eigenvalue weighted by Crippen LogP contribution is 2.28. The first kappa shape index (κ1) is 20.0. The van der Waals surface area contributed by atoms with E-state index in [9.17, 15) is 4.79 Å². The molecule has 1 fully saturated rings. The van der Waals surface area contributed by atoms with E-state index in [2.05, 4.69) is 17.3 Å². The molecule has 3 rings (SSSR count). The lowest BCUT2D eigenvalue weighted by Gasteiger charge is -2.29. The maximum Gasteiger partial charge on any atom is 0.228 e. The fraction of sp³-hybridized carbons (Fsp3) is 0.409. The predicted octanol–water partition coefficient (Wildman–Crippen LogP) is 3.36. The van der Waals surface area contributed by atoms with Crippen LogP contribution in [0.5, 0.6) is 17.2 Å². The van der Waals surface area contributed by atoms with Gasteiger partial charge in [-0.05, 0) is 61.9 Å². The minimum absolute atomic E-state index is 0.0868. The van der Waals surface area contributed by atoms with Crippen LogP contribution in [0.25, 0.3) is 0 Å². The number of anilines is 1. The van der Waals surface area contributed by atoms with Crippen LogP contribution in [0, 0.1) is 0 Å². The Balaban J connectivity index is 1.53. The molecule has 0 radical (unpaired) electrons. The molecule has 2 aromatic rings. The van der Waals surface area contributed by atoms with Gasteiger partial charge in [0.25, 0.3) is 0 Å². The average molecular weight is 384 g/mol. The molecule has 6 heteroatoms. The monoisotopic (exact) mass is 384 g/mol. The number of nitrogens with one attached hydrogen (secondary N) is 1. The summed E-state index contributed by atoms with van der Waals surface area (Å²) in [5, 5.41) is 2.92. The van der Waals surface area contributed by atoms with Gasteiger partial charge in [0.05, 0.1) is 20.6 Å². The summed E-state index contributed by atoms with van der Waals surface area (Å²) in [6, 6.07) is 13.0.